The first-order valence-corrected chi connectivity index (χ1v) is 9.22. The van der Waals surface area contributed by atoms with Gasteiger partial charge in [0.05, 0.1) is 21.8 Å². The Morgan fingerprint density at radius 3 is 2.38 bits per heavy atom. The molecule has 0 aliphatic heterocycles. The molecule has 9 heteroatoms. The van der Waals surface area contributed by atoms with Crippen LogP contribution in [0.5, 0.6) is 0 Å². The highest BCUT2D eigenvalue weighted by atomic mass is 35.5. The third-order valence-corrected chi connectivity index (χ3v) is 4.65. The number of rotatable bonds is 5. The van der Waals surface area contributed by atoms with E-state index < -0.39 is 23.2 Å². The van der Waals surface area contributed by atoms with E-state index in [4.69, 9.17) is 23.2 Å². The Balaban J connectivity index is 1.65. The van der Waals surface area contributed by atoms with Crippen molar-refractivity contribution in [3.05, 3.63) is 81.9 Å². The van der Waals surface area contributed by atoms with Crippen molar-refractivity contribution < 1.29 is 18.0 Å². The third kappa shape index (κ3) is 5.25. The Labute approximate surface area is 174 Å². The summed E-state index contributed by atoms with van der Waals surface area (Å²) >= 11 is 12.0. The van der Waals surface area contributed by atoms with E-state index in [0.29, 0.717) is 15.9 Å². The zero-order valence-corrected chi connectivity index (χ0v) is 16.3. The van der Waals surface area contributed by atoms with Gasteiger partial charge in [-0.15, -0.1) is 0 Å². The minimum atomic E-state index is -4.61. The van der Waals surface area contributed by atoms with E-state index in [1.165, 1.54) is 12.1 Å². The van der Waals surface area contributed by atoms with E-state index in [9.17, 15) is 18.0 Å². The summed E-state index contributed by atoms with van der Waals surface area (Å²) in [7, 11) is 0. The van der Waals surface area contributed by atoms with Crippen LogP contribution < -0.4 is 5.32 Å². The first-order valence-electron chi connectivity index (χ1n) is 8.46. The lowest BCUT2D eigenvalue weighted by atomic mass is 10.1. The lowest BCUT2D eigenvalue weighted by molar-refractivity contribution is -0.137. The van der Waals surface area contributed by atoms with Crippen molar-refractivity contribution in [3.8, 4) is 11.1 Å². The standard InChI is InChI=1S/C20H14Cl2F3N3O/c21-16-9-13(12-5-6-18(22)28-10-12)11-27-17(16)7-8-26-19(29)14-3-1-2-4-15(14)20(23,24)25/h1-6,9-11H,7-8H2,(H,26,29). The second-order valence-corrected chi connectivity index (χ2v) is 6.87. The molecule has 29 heavy (non-hydrogen) atoms. The summed E-state index contributed by atoms with van der Waals surface area (Å²) in [6.45, 7) is 0.0829. The molecule has 2 heterocycles. The molecule has 0 atom stereocenters. The number of nitrogens with zero attached hydrogens (tertiary/aromatic N) is 2. The molecule has 1 amide bonds. The largest absolute Gasteiger partial charge is 0.417 e. The second-order valence-electron chi connectivity index (χ2n) is 6.07. The summed E-state index contributed by atoms with van der Waals surface area (Å²) in [5, 5.41) is 3.22. The number of benzene rings is 1. The van der Waals surface area contributed by atoms with Crippen LogP contribution in [0.3, 0.4) is 0 Å². The van der Waals surface area contributed by atoms with Gasteiger partial charge in [-0.3, -0.25) is 9.78 Å². The molecule has 0 radical (unpaired) electrons. The molecular weight excluding hydrogens is 426 g/mol. The minimum Gasteiger partial charge on any atom is -0.352 e. The number of amides is 1. The van der Waals surface area contributed by atoms with E-state index in [2.05, 4.69) is 15.3 Å². The molecule has 0 bridgehead atoms. The van der Waals surface area contributed by atoms with E-state index >= 15 is 0 Å². The Morgan fingerprint density at radius 1 is 1.00 bits per heavy atom. The summed E-state index contributed by atoms with van der Waals surface area (Å²) in [6.07, 6.45) is -1.15. The third-order valence-electron chi connectivity index (χ3n) is 4.10. The SMILES string of the molecule is O=C(NCCc1ncc(-c2ccc(Cl)nc2)cc1Cl)c1ccccc1C(F)(F)F. The molecular formula is C20H14Cl2F3N3O. The highest BCUT2D eigenvalue weighted by Gasteiger charge is 2.34. The molecule has 2 aromatic heterocycles. The Morgan fingerprint density at radius 2 is 1.72 bits per heavy atom. The number of hydrogen-bond acceptors (Lipinski definition) is 3. The van der Waals surface area contributed by atoms with Gasteiger partial charge in [0, 0.05) is 36.5 Å². The summed E-state index contributed by atoms with van der Waals surface area (Å²) in [5.74, 6) is -0.807. The first kappa shape index (κ1) is 21.1. The maximum absolute atomic E-state index is 13.0. The van der Waals surface area contributed by atoms with E-state index in [-0.39, 0.29) is 13.0 Å². The maximum atomic E-state index is 13.0. The Kier molecular flexibility index (Phi) is 6.39. The average Bonchev–Trinajstić information content (AvgIpc) is 2.69. The number of nitrogens with one attached hydrogen (secondary N) is 1. The summed E-state index contributed by atoms with van der Waals surface area (Å²) in [4.78, 5) is 20.4. The van der Waals surface area contributed by atoms with Gasteiger partial charge in [0.1, 0.15) is 5.15 Å². The van der Waals surface area contributed by atoms with Crippen LogP contribution in [0.1, 0.15) is 21.6 Å². The fraction of sp³-hybridized carbons (Fsp3) is 0.150. The monoisotopic (exact) mass is 439 g/mol. The number of pyridine rings is 2. The van der Waals surface area contributed by atoms with Gasteiger partial charge in [0.25, 0.3) is 5.91 Å². The molecule has 4 nitrogen and oxygen atoms in total. The van der Waals surface area contributed by atoms with Crippen molar-refractivity contribution in [3.63, 3.8) is 0 Å². The van der Waals surface area contributed by atoms with Crippen molar-refractivity contribution in [2.75, 3.05) is 6.54 Å². The van der Waals surface area contributed by atoms with E-state index in [1.807, 2.05) is 0 Å². The molecule has 0 aliphatic rings. The van der Waals surface area contributed by atoms with Crippen molar-refractivity contribution in [2.45, 2.75) is 12.6 Å². The van der Waals surface area contributed by atoms with Gasteiger partial charge in [0.15, 0.2) is 0 Å². The van der Waals surface area contributed by atoms with Crippen molar-refractivity contribution >= 4 is 29.1 Å². The lowest BCUT2D eigenvalue weighted by Gasteiger charge is -2.13. The van der Waals surface area contributed by atoms with Crippen molar-refractivity contribution in [1.82, 2.24) is 15.3 Å². The summed E-state index contributed by atoms with van der Waals surface area (Å²) in [6, 6.07) is 9.76. The molecule has 0 aliphatic carbocycles. The molecule has 1 N–H and O–H groups in total. The highest BCUT2D eigenvalue weighted by molar-refractivity contribution is 6.31. The highest BCUT2D eigenvalue weighted by Crippen LogP contribution is 2.31. The van der Waals surface area contributed by atoms with Crippen molar-refractivity contribution in [2.24, 2.45) is 0 Å². The van der Waals surface area contributed by atoms with Crippen LogP contribution in [0.25, 0.3) is 11.1 Å². The van der Waals surface area contributed by atoms with Gasteiger partial charge in [-0.1, -0.05) is 35.3 Å². The molecule has 3 aromatic rings. The fourth-order valence-corrected chi connectivity index (χ4v) is 3.05. The predicted molar refractivity (Wildman–Crippen MR) is 105 cm³/mol. The zero-order chi connectivity index (χ0) is 21.0. The Hall–Kier alpha value is -2.64. The minimum absolute atomic E-state index is 0.0829. The number of aromatic nitrogens is 2. The number of carbonyl (C=O) groups excluding carboxylic acids is 1. The van der Waals surface area contributed by atoms with Crippen LogP contribution in [0.2, 0.25) is 10.2 Å². The summed E-state index contributed by atoms with van der Waals surface area (Å²) in [5.41, 5.74) is 0.638. The molecule has 3 rings (SSSR count). The van der Waals surface area contributed by atoms with Gasteiger partial charge in [-0.25, -0.2) is 4.98 Å². The smallest absolute Gasteiger partial charge is 0.352 e. The molecule has 1 aromatic carbocycles. The number of alkyl halides is 3. The van der Waals surface area contributed by atoms with Crippen LogP contribution in [-0.2, 0) is 12.6 Å². The van der Waals surface area contributed by atoms with Crippen LogP contribution >= 0.6 is 23.2 Å². The quantitative estimate of drug-likeness (QED) is 0.538. The topological polar surface area (TPSA) is 54.9 Å². The predicted octanol–water partition coefficient (Wildman–Crippen LogP) is 5.44. The number of hydrogen-bond donors (Lipinski definition) is 1. The average molecular weight is 440 g/mol. The molecule has 0 unspecified atom stereocenters. The molecule has 0 fully saturated rings. The number of carbonyl (C=O) groups is 1. The van der Waals surface area contributed by atoms with Gasteiger partial charge in [-0.05, 0) is 30.3 Å². The normalized spacial score (nSPS) is 11.3. The van der Waals surface area contributed by atoms with Gasteiger partial charge >= 0.3 is 6.18 Å². The van der Waals surface area contributed by atoms with Crippen LogP contribution in [0, 0.1) is 0 Å². The van der Waals surface area contributed by atoms with Crippen LogP contribution in [-0.4, -0.2) is 22.4 Å². The maximum Gasteiger partial charge on any atom is 0.417 e. The Bertz CT molecular complexity index is 1020. The van der Waals surface area contributed by atoms with E-state index in [1.54, 1.807) is 30.6 Å². The molecule has 0 saturated heterocycles. The fourth-order valence-electron chi connectivity index (χ4n) is 2.67. The lowest BCUT2D eigenvalue weighted by Crippen LogP contribution is -2.28. The van der Waals surface area contributed by atoms with Crippen molar-refractivity contribution in [1.29, 1.82) is 0 Å². The van der Waals surface area contributed by atoms with Crippen LogP contribution in [0.15, 0.2) is 54.9 Å². The first-order chi connectivity index (χ1) is 13.8. The van der Waals surface area contributed by atoms with Gasteiger partial charge < -0.3 is 5.32 Å². The molecule has 150 valence electrons. The van der Waals surface area contributed by atoms with E-state index in [0.717, 1.165) is 23.3 Å². The number of halogens is 5. The van der Waals surface area contributed by atoms with Gasteiger partial charge in [-0.2, -0.15) is 13.2 Å². The zero-order valence-electron chi connectivity index (χ0n) is 14.8. The molecule has 0 saturated carbocycles. The van der Waals surface area contributed by atoms with Gasteiger partial charge in [0.2, 0.25) is 0 Å². The summed E-state index contributed by atoms with van der Waals surface area (Å²) < 4.78 is 39.1. The second kappa shape index (κ2) is 8.80. The van der Waals surface area contributed by atoms with Crippen LogP contribution in [0.4, 0.5) is 13.2 Å². The molecule has 0 spiro atoms.